The molecule has 1 amide bonds. The molecule has 31 heavy (non-hydrogen) atoms. The van der Waals surface area contributed by atoms with Gasteiger partial charge < -0.3 is 20.3 Å². The van der Waals surface area contributed by atoms with Crippen molar-refractivity contribution in [1.29, 1.82) is 0 Å². The Hall–Kier alpha value is -3.02. The van der Waals surface area contributed by atoms with E-state index in [-0.39, 0.29) is 5.91 Å². The molecule has 0 fully saturated rings. The summed E-state index contributed by atoms with van der Waals surface area (Å²) in [6.07, 6.45) is 0.806. The minimum atomic E-state index is 0.0188. The van der Waals surface area contributed by atoms with Gasteiger partial charge in [0.2, 0.25) is 0 Å². The van der Waals surface area contributed by atoms with Gasteiger partial charge in [-0.05, 0) is 54.7 Å². The molecule has 0 aliphatic carbocycles. The Labute approximate surface area is 186 Å². The molecule has 2 rings (SSSR count). The van der Waals surface area contributed by atoms with E-state index in [4.69, 9.17) is 4.74 Å². The summed E-state index contributed by atoms with van der Waals surface area (Å²) in [7, 11) is 3.53. The van der Waals surface area contributed by atoms with E-state index in [1.54, 1.807) is 19.0 Å². The first-order valence-electron chi connectivity index (χ1n) is 10.9. The van der Waals surface area contributed by atoms with Gasteiger partial charge in [-0.3, -0.25) is 4.79 Å². The Kier molecular flexibility index (Phi) is 9.88. The van der Waals surface area contributed by atoms with Crippen LogP contribution in [0.2, 0.25) is 0 Å². The molecule has 2 aromatic rings. The Morgan fingerprint density at radius 1 is 1.06 bits per heavy atom. The smallest absolute Gasteiger partial charge is 0.253 e. The van der Waals surface area contributed by atoms with Gasteiger partial charge in [-0.15, -0.1) is 0 Å². The number of hydrogen-bond donors (Lipinski definition) is 2. The van der Waals surface area contributed by atoms with Crippen molar-refractivity contribution in [1.82, 2.24) is 15.5 Å². The number of ether oxygens (including phenoxy) is 1. The molecule has 0 atom stereocenters. The van der Waals surface area contributed by atoms with Crippen molar-refractivity contribution in [2.75, 3.05) is 33.8 Å². The van der Waals surface area contributed by atoms with E-state index in [0.29, 0.717) is 18.0 Å². The number of hydrogen-bond acceptors (Lipinski definition) is 3. The normalized spacial score (nSPS) is 11.4. The van der Waals surface area contributed by atoms with Crippen LogP contribution in [-0.2, 0) is 13.0 Å². The molecule has 0 heterocycles. The molecule has 0 spiro atoms. The van der Waals surface area contributed by atoms with Crippen LogP contribution in [0.5, 0.6) is 5.75 Å². The van der Waals surface area contributed by atoms with Crippen molar-refractivity contribution in [2.45, 2.75) is 33.7 Å². The number of nitrogens with one attached hydrogen (secondary N) is 2. The zero-order chi connectivity index (χ0) is 22.6. The number of carbonyl (C=O) groups is 1. The van der Waals surface area contributed by atoms with Crippen LogP contribution in [0.4, 0.5) is 0 Å². The maximum atomic E-state index is 12.1. The highest BCUT2D eigenvalue weighted by molar-refractivity contribution is 5.94. The van der Waals surface area contributed by atoms with Gasteiger partial charge in [-0.1, -0.05) is 38.1 Å². The van der Waals surface area contributed by atoms with Gasteiger partial charge in [0, 0.05) is 32.7 Å². The molecule has 0 aliphatic heterocycles. The Morgan fingerprint density at radius 3 is 2.45 bits per heavy atom. The molecule has 0 radical (unpaired) electrons. The zero-order valence-corrected chi connectivity index (χ0v) is 19.4. The van der Waals surface area contributed by atoms with Gasteiger partial charge in [0.05, 0.1) is 13.2 Å². The predicted molar refractivity (Wildman–Crippen MR) is 128 cm³/mol. The van der Waals surface area contributed by atoms with E-state index in [9.17, 15) is 4.79 Å². The highest BCUT2D eigenvalue weighted by Gasteiger charge is 2.08. The van der Waals surface area contributed by atoms with Gasteiger partial charge in [-0.2, -0.15) is 0 Å². The highest BCUT2D eigenvalue weighted by atomic mass is 16.5. The Balaban J connectivity index is 1.89. The van der Waals surface area contributed by atoms with Crippen molar-refractivity contribution < 1.29 is 9.53 Å². The quantitative estimate of drug-likeness (QED) is 0.451. The molecule has 0 aliphatic rings. The fraction of sp³-hybridized carbons (Fsp3) is 0.440. The number of carbonyl (C=O) groups excluding carboxylic acids is 1. The highest BCUT2D eigenvalue weighted by Crippen LogP contribution is 2.14. The van der Waals surface area contributed by atoms with Crippen molar-refractivity contribution >= 4 is 11.9 Å². The van der Waals surface area contributed by atoms with Crippen molar-refractivity contribution in [3.63, 3.8) is 0 Å². The van der Waals surface area contributed by atoms with Gasteiger partial charge in [0.25, 0.3) is 5.91 Å². The molecule has 168 valence electrons. The fourth-order valence-electron chi connectivity index (χ4n) is 2.91. The third-order valence-electron chi connectivity index (χ3n) is 4.56. The van der Waals surface area contributed by atoms with Crippen molar-refractivity contribution in [3.8, 4) is 5.75 Å². The lowest BCUT2D eigenvalue weighted by atomic mass is 10.1. The second-order valence-corrected chi connectivity index (χ2v) is 8.12. The van der Waals surface area contributed by atoms with Crippen LogP contribution in [0.25, 0.3) is 0 Å². The second kappa shape index (κ2) is 12.6. The second-order valence-electron chi connectivity index (χ2n) is 8.12. The topological polar surface area (TPSA) is 66.0 Å². The van der Waals surface area contributed by atoms with Crippen molar-refractivity contribution in [3.05, 3.63) is 65.2 Å². The monoisotopic (exact) mass is 424 g/mol. The Morgan fingerprint density at radius 2 is 1.81 bits per heavy atom. The number of guanidine groups is 1. The summed E-state index contributed by atoms with van der Waals surface area (Å²) in [6.45, 7) is 9.16. The number of benzene rings is 2. The van der Waals surface area contributed by atoms with Crippen LogP contribution in [-0.4, -0.2) is 50.6 Å². The van der Waals surface area contributed by atoms with E-state index >= 15 is 0 Å². The molecule has 0 aromatic heterocycles. The van der Waals surface area contributed by atoms with Crippen molar-refractivity contribution in [2.24, 2.45) is 10.9 Å². The summed E-state index contributed by atoms with van der Waals surface area (Å²) in [5.41, 5.74) is 2.96. The molecule has 0 bridgehead atoms. The van der Waals surface area contributed by atoms with E-state index in [0.717, 1.165) is 49.0 Å². The summed E-state index contributed by atoms with van der Waals surface area (Å²) in [4.78, 5) is 18.4. The molecular formula is C25H36N4O2. The number of nitrogens with zero attached hydrogens (tertiary/aromatic N) is 2. The predicted octanol–water partition coefficient (Wildman–Crippen LogP) is 3.72. The molecule has 0 unspecified atom stereocenters. The van der Waals surface area contributed by atoms with Gasteiger partial charge >= 0.3 is 0 Å². The molecule has 2 aromatic carbocycles. The summed E-state index contributed by atoms with van der Waals surface area (Å²) in [6, 6.07) is 15.9. The maximum Gasteiger partial charge on any atom is 0.253 e. The summed E-state index contributed by atoms with van der Waals surface area (Å²) in [5.74, 6) is 2.20. The van der Waals surface area contributed by atoms with Crippen LogP contribution in [0.15, 0.2) is 53.5 Å². The van der Waals surface area contributed by atoms with Crippen LogP contribution < -0.4 is 15.4 Å². The lowest BCUT2D eigenvalue weighted by molar-refractivity contribution is 0.0827. The average Bonchev–Trinajstić information content (AvgIpc) is 2.76. The summed E-state index contributed by atoms with van der Waals surface area (Å²) in [5, 5.41) is 6.66. The molecular weight excluding hydrogens is 388 g/mol. The molecule has 6 nitrogen and oxygen atoms in total. The molecule has 2 N–H and O–H groups in total. The number of aliphatic imine (C=N–C) groups is 1. The van der Waals surface area contributed by atoms with Crippen LogP contribution in [0.3, 0.4) is 0 Å². The standard InChI is InChI=1S/C25H36N4O2/c1-6-26-25(28-17-21-10-12-23(13-11-21)31-18-19(2)3)27-15-14-20-8-7-9-22(16-20)24(30)29(4)5/h7-13,16,19H,6,14-15,17-18H2,1-5H3,(H2,26,27,28). The molecule has 0 saturated heterocycles. The summed E-state index contributed by atoms with van der Waals surface area (Å²) >= 11 is 0. The third-order valence-corrected chi connectivity index (χ3v) is 4.56. The first kappa shape index (κ1) is 24.3. The van der Waals surface area contributed by atoms with Crippen LogP contribution >= 0.6 is 0 Å². The lowest BCUT2D eigenvalue weighted by Crippen LogP contribution is -2.38. The lowest BCUT2D eigenvalue weighted by Gasteiger charge is -2.13. The number of rotatable bonds is 10. The first-order valence-corrected chi connectivity index (χ1v) is 10.9. The van der Waals surface area contributed by atoms with Gasteiger partial charge in [0.15, 0.2) is 5.96 Å². The first-order chi connectivity index (χ1) is 14.9. The molecule has 0 saturated carbocycles. The van der Waals surface area contributed by atoms with Crippen LogP contribution in [0.1, 0.15) is 42.3 Å². The SMILES string of the molecule is CCNC(=NCc1ccc(OCC(C)C)cc1)NCCc1cccc(C(=O)N(C)C)c1. The van der Waals surface area contributed by atoms with Gasteiger partial charge in [-0.25, -0.2) is 4.99 Å². The largest absolute Gasteiger partial charge is 0.493 e. The van der Waals surface area contributed by atoms with Crippen LogP contribution in [0, 0.1) is 5.92 Å². The Bertz CT molecular complexity index is 845. The van der Waals surface area contributed by atoms with E-state index in [1.807, 2.05) is 43.3 Å². The van der Waals surface area contributed by atoms with E-state index in [2.05, 4.69) is 41.6 Å². The fourth-order valence-corrected chi connectivity index (χ4v) is 2.91. The number of amides is 1. The summed E-state index contributed by atoms with van der Waals surface area (Å²) < 4.78 is 5.73. The van der Waals surface area contributed by atoms with Gasteiger partial charge in [0.1, 0.15) is 5.75 Å². The zero-order valence-electron chi connectivity index (χ0n) is 19.4. The minimum Gasteiger partial charge on any atom is -0.493 e. The van der Waals surface area contributed by atoms with E-state index in [1.165, 1.54) is 0 Å². The average molecular weight is 425 g/mol. The minimum absolute atomic E-state index is 0.0188. The van der Waals surface area contributed by atoms with E-state index < -0.39 is 0 Å². The molecule has 6 heteroatoms. The third kappa shape index (κ3) is 8.70. The maximum absolute atomic E-state index is 12.1.